The molecule has 1 heterocycles. The molecule has 5 nitrogen and oxygen atoms in total. The van der Waals surface area contributed by atoms with Crippen molar-refractivity contribution in [1.29, 1.82) is 0 Å². The van der Waals surface area contributed by atoms with Crippen molar-refractivity contribution < 1.29 is 19.1 Å². The number of carbonyl (C=O) groups excluding carboxylic acids is 2. The zero-order valence-electron chi connectivity index (χ0n) is 16.7. The van der Waals surface area contributed by atoms with E-state index >= 15 is 0 Å². The van der Waals surface area contributed by atoms with E-state index in [1.807, 2.05) is 41.5 Å². The number of hydrogen-bond acceptors (Lipinski definition) is 6. The molecule has 0 spiro atoms. The molecule has 0 aliphatic carbocycles. The lowest BCUT2D eigenvalue weighted by molar-refractivity contribution is -0.145. The van der Waals surface area contributed by atoms with Crippen LogP contribution in [0.15, 0.2) is 6.07 Å². The minimum atomic E-state index is -0.532. The second-order valence-corrected chi connectivity index (χ2v) is 8.53. The third-order valence-electron chi connectivity index (χ3n) is 3.24. The maximum Gasteiger partial charge on any atom is 0.350 e. The maximum atomic E-state index is 12.3. The van der Waals surface area contributed by atoms with E-state index in [1.54, 1.807) is 6.07 Å². The van der Waals surface area contributed by atoms with Crippen LogP contribution in [0.1, 0.15) is 62.5 Å². The van der Waals surface area contributed by atoms with Crippen LogP contribution in [-0.4, -0.2) is 31.7 Å². The van der Waals surface area contributed by atoms with Gasteiger partial charge in [0.2, 0.25) is 0 Å². The molecule has 0 saturated carbocycles. The molecule has 1 rings (SSSR count). The molecule has 26 heavy (non-hydrogen) atoms. The highest BCUT2D eigenvalue weighted by Gasteiger charge is 2.23. The highest BCUT2D eigenvalue weighted by molar-refractivity contribution is 7.15. The van der Waals surface area contributed by atoms with Gasteiger partial charge in [0, 0.05) is 5.41 Å². The first-order chi connectivity index (χ1) is 12.1. The van der Waals surface area contributed by atoms with Gasteiger partial charge < -0.3 is 14.8 Å². The molecule has 0 saturated heterocycles. The van der Waals surface area contributed by atoms with E-state index in [2.05, 4.69) is 17.2 Å². The molecule has 0 aromatic carbocycles. The van der Waals surface area contributed by atoms with Crippen LogP contribution in [0.3, 0.4) is 0 Å². The van der Waals surface area contributed by atoms with Crippen molar-refractivity contribution in [2.75, 3.05) is 19.0 Å². The van der Waals surface area contributed by atoms with Gasteiger partial charge in [-0.3, -0.25) is 0 Å². The van der Waals surface area contributed by atoms with Gasteiger partial charge in [-0.15, -0.1) is 11.3 Å². The van der Waals surface area contributed by atoms with E-state index < -0.39 is 12.0 Å². The van der Waals surface area contributed by atoms with Crippen molar-refractivity contribution >= 4 is 29.0 Å². The maximum absolute atomic E-state index is 12.3. The molecule has 0 amide bonds. The Labute approximate surface area is 160 Å². The van der Waals surface area contributed by atoms with Crippen LogP contribution in [0.25, 0.3) is 0 Å². The average Bonchev–Trinajstić information content (AvgIpc) is 2.97. The first-order valence-electron chi connectivity index (χ1n) is 8.75. The predicted octanol–water partition coefficient (Wildman–Crippen LogP) is 4.32. The second kappa shape index (κ2) is 9.63. The number of thiophene rings is 1. The lowest BCUT2D eigenvalue weighted by atomic mass is 9.98. The molecule has 1 N–H and O–H groups in total. The van der Waals surface area contributed by atoms with Gasteiger partial charge in [-0.2, -0.15) is 0 Å². The van der Waals surface area contributed by atoms with Gasteiger partial charge in [-0.05, 0) is 39.2 Å². The quantitative estimate of drug-likeness (QED) is 0.564. The van der Waals surface area contributed by atoms with Crippen LogP contribution in [-0.2, 0) is 14.3 Å². The van der Waals surface area contributed by atoms with E-state index in [-0.39, 0.29) is 17.3 Å². The summed E-state index contributed by atoms with van der Waals surface area (Å²) in [5, 5.41) is 3.12. The van der Waals surface area contributed by atoms with Crippen molar-refractivity contribution in [1.82, 2.24) is 0 Å². The van der Waals surface area contributed by atoms with Gasteiger partial charge >= 0.3 is 11.9 Å². The Balaban J connectivity index is 3.07. The smallest absolute Gasteiger partial charge is 0.350 e. The fourth-order valence-corrected chi connectivity index (χ4v) is 2.81. The summed E-state index contributed by atoms with van der Waals surface area (Å²) < 4.78 is 10.2. The Kier molecular flexibility index (Phi) is 8.16. The zero-order chi connectivity index (χ0) is 19.9. The van der Waals surface area contributed by atoms with Gasteiger partial charge in [-0.25, -0.2) is 9.59 Å². The molecule has 0 bridgehead atoms. The molecular weight excluding hydrogens is 350 g/mol. The van der Waals surface area contributed by atoms with Gasteiger partial charge in [-0.1, -0.05) is 32.6 Å². The normalized spacial score (nSPS) is 12.2. The number of ether oxygens (including phenoxy) is 2. The molecule has 0 aliphatic rings. The predicted molar refractivity (Wildman–Crippen MR) is 105 cm³/mol. The van der Waals surface area contributed by atoms with Crippen molar-refractivity contribution in [2.45, 2.75) is 54.0 Å². The topological polar surface area (TPSA) is 64.6 Å². The third kappa shape index (κ3) is 7.09. The van der Waals surface area contributed by atoms with Crippen molar-refractivity contribution in [3.63, 3.8) is 0 Å². The van der Waals surface area contributed by atoms with E-state index in [1.165, 1.54) is 18.4 Å². The molecule has 6 heteroatoms. The Morgan fingerprint density at radius 1 is 1.31 bits per heavy atom. The van der Waals surface area contributed by atoms with Crippen LogP contribution in [0.2, 0.25) is 0 Å². The van der Waals surface area contributed by atoms with Crippen LogP contribution in [0, 0.1) is 23.2 Å². The highest BCUT2D eigenvalue weighted by Crippen LogP contribution is 2.29. The SMILES string of the molecule is CC[C@H](Nc1cc(C#CC(C)(C)C)sc1C(=O)OC)C(=O)OCC(C)C. The summed E-state index contributed by atoms with van der Waals surface area (Å²) in [7, 11) is 1.33. The fourth-order valence-electron chi connectivity index (χ4n) is 1.92. The van der Waals surface area contributed by atoms with Crippen LogP contribution < -0.4 is 5.32 Å². The van der Waals surface area contributed by atoms with Crippen molar-refractivity contribution in [2.24, 2.45) is 11.3 Å². The summed E-state index contributed by atoms with van der Waals surface area (Å²) in [6, 6.07) is 1.25. The van der Waals surface area contributed by atoms with Gasteiger partial charge in [0.25, 0.3) is 0 Å². The number of methoxy groups -OCH3 is 1. The first kappa shape index (κ1) is 22.0. The lowest BCUT2D eigenvalue weighted by Crippen LogP contribution is -2.32. The van der Waals surface area contributed by atoms with Crippen LogP contribution >= 0.6 is 11.3 Å². The number of anilines is 1. The summed E-state index contributed by atoms with van der Waals surface area (Å²) in [5.41, 5.74) is 0.406. The van der Waals surface area contributed by atoms with Gasteiger partial charge in [0.05, 0.1) is 24.3 Å². The molecule has 0 unspecified atom stereocenters. The summed E-state index contributed by atoms with van der Waals surface area (Å²) in [4.78, 5) is 25.5. The van der Waals surface area contributed by atoms with Gasteiger partial charge in [0.1, 0.15) is 10.9 Å². The monoisotopic (exact) mass is 379 g/mol. The van der Waals surface area contributed by atoms with Gasteiger partial charge in [0.15, 0.2) is 0 Å². The zero-order valence-corrected chi connectivity index (χ0v) is 17.5. The lowest BCUT2D eigenvalue weighted by Gasteiger charge is -2.17. The molecule has 0 radical (unpaired) electrons. The highest BCUT2D eigenvalue weighted by atomic mass is 32.1. The second-order valence-electron chi connectivity index (χ2n) is 7.47. The molecule has 0 fully saturated rings. The van der Waals surface area contributed by atoms with E-state index in [9.17, 15) is 9.59 Å². The van der Waals surface area contributed by atoms with Crippen LogP contribution in [0.4, 0.5) is 5.69 Å². The van der Waals surface area contributed by atoms with Crippen LogP contribution in [0.5, 0.6) is 0 Å². The average molecular weight is 380 g/mol. The standard InChI is InChI=1S/C20H29NO4S/c1-8-15(18(22)25-12-13(2)3)21-16-11-14(9-10-20(4,5)6)26-17(16)19(23)24-7/h11,13,15,21H,8,12H2,1-7H3/t15-/m0/s1. The molecular formula is C20H29NO4S. The first-order valence-corrected chi connectivity index (χ1v) is 9.57. The Bertz CT molecular complexity index is 689. The fraction of sp³-hybridized carbons (Fsp3) is 0.600. The third-order valence-corrected chi connectivity index (χ3v) is 4.28. The minimum Gasteiger partial charge on any atom is -0.465 e. The number of hydrogen-bond donors (Lipinski definition) is 1. The van der Waals surface area contributed by atoms with Crippen molar-refractivity contribution in [3.8, 4) is 11.8 Å². The molecule has 0 aliphatic heterocycles. The molecule has 1 atom stereocenters. The number of nitrogens with one attached hydrogen (secondary N) is 1. The van der Waals surface area contributed by atoms with Crippen molar-refractivity contribution in [3.05, 3.63) is 15.8 Å². The largest absolute Gasteiger partial charge is 0.465 e. The Morgan fingerprint density at radius 3 is 2.46 bits per heavy atom. The number of esters is 2. The minimum absolute atomic E-state index is 0.143. The Morgan fingerprint density at radius 2 is 1.96 bits per heavy atom. The molecule has 144 valence electrons. The summed E-state index contributed by atoms with van der Waals surface area (Å²) in [5.74, 6) is 5.72. The molecule has 1 aromatic heterocycles. The van der Waals surface area contributed by atoms with E-state index in [4.69, 9.17) is 9.47 Å². The summed E-state index contributed by atoms with van der Waals surface area (Å²) in [6.07, 6.45) is 0.538. The van der Waals surface area contributed by atoms with E-state index in [0.29, 0.717) is 23.6 Å². The Hall–Kier alpha value is -2.00. The number of carbonyl (C=O) groups is 2. The summed E-state index contributed by atoms with van der Waals surface area (Å²) >= 11 is 1.25. The van der Waals surface area contributed by atoms with E-state index in [0.717, 1.165) is 4.88 Å². The number of rotatable bonds is 7. The molecule has 1 aromatic rings. The summed E-state index contributed by atoms with van der Waals surface area (Å²) in [6.45, 7) is 12.3.